The summed E-state index contributed by atoms with van der Waals surface area (Å²) in [6.45, 7) is 4.42. The Bertz CT molecular complexity index is 909. The van der Waals surface area contributed by atoms with E-state index in [1.807, 2.05) is 24.3 Å². The van der Waals surface area contributed by atoms with Crippen LogP contribution in [-0.4, -0.2) is 12.4 Å². The summed E-state index contributed by atoms with van der Waals surface area (Å²) in [5.41, 5.74) is 4.58. The minimum absolute atomic E-state index is 0.194. The molecule has 0 aliphatic carbocycles. The quantitative estimate of drug-likeness (QED) is 0.197. The summed E-state index contributed by atoms with van der Waals surface area (Å²) in [5, 5.41) is 0. The summed E-state index contributed by atoms with van der Waals surface area (Å²) in [7, 11) is 9.53. The number of rotatable bonds is 10. The van der Waals surface area contributed by atoms with Gasteiger partial charge in [0, 0.05) is 0 Å². The summed E-state index contributed by atoms with van der Waals surface area (Å²) in [4.78, 5) is 9.29. The molecule has 172 valence electrons. The first-order valence-corrected chi connectivity index (χ1v) is 13.9. The van der Waals surface area contributed by atoms with Gasteiger partial charge in [-0.15, -0.1) is 0 Å². The molecule has 0 unspecified atom stereocenters. The van der Waals surface area contributed by atoms with Gasteiger partial charge in [-0.1, -0.05) is 63.1 Å². The van der Waals surface area contributed by atoms with Crippen molar-refractivity contribution in [1.82, 2.24) is 0 Å². The zero-order valence-corrected chi connectivity index (χ0v) is 21.2. The van der Waals surface area contributed by atoms with E-state index >= 15 is 0 Å². The van der Waals surface area contributed by atoms with Crippen LogP contribution in [0.2, 0.25) is 0 Å². The molecule has 0 radical (unpaired) electrons. The van der Waals surface area contributed by atoms with Crippen molar-refractivity contribution >= 4 is 44.0 Å². The zero-order chi connectivity index (χ0) is 23.0. The second-order valence-electron chi connectivity index (χ2n) is 7.27. The van der Waals surface area contributed by atoms with Crippen LogP contribution in [0.15, 0.2) is 75.1 Å². The van der Waals surface area contributed by atoms with Crippen LogP contribution in [0.3, 0.4) is 0 Å². The SMILES string of the molecule is CCCCc1ccccc1N=Cc1ccc(C=Nc2ccccc2CCCC)o1.[Cl][Fe][Cl]. The number of para-hydroxylation sites is 2. The Hall–Kier alpha value is -1.84. The van der Waals surface area contributed by atoms with E-state index in [1.165, 1.54) is 36.8 Å². The van der Waals surface area contributed by atoms with Gasteiger partial charge < -0.3 is 4.42 Å². The van der Waals surface area contributed by atoms with Crippen LogP contribution in [0, 0.1) is 0 Å². The summed E-state index contributed by atoms with van der Waals surface area (Å²) >= 11 is 0.194. The molecule has 1 aromatic heterocycles. The summed E-state index contributed by atoms with van der Waals surface area (Å²) < 4.78 is 5.87. The normalized spacial score (nSPS) is 11.2. The molecule has 0 N–H and O–H groups in total. The van der Waals surface area contributed by atoms with E-state index in [1.54, 1.807) is 12.4 Å². The van der Waals surface area contributed by atoms with Crippen molar-refractivity contribution in [3.8, 4) is 0 Å². The number of nitrogens with zero attached hydrogens (tertiary/aromatic N) is 2. The van der Waals surface area contributed by atoms with Crippen molar-refractivity contribution in [3.63, 3.8) is 0 Å². The molecule has 6 heteroatoms. The van der Waals surface area contributed by atoms with Crippen molar-refractivity contribution in [2.24, 2.45) is 9.98 Å². The van der Waals surface area contributed by atoms with E-state index < -0.39 is 0 Å². The van der Waals surface area contributed by atoms with Gasteiger partial charge in [0.25, 0.3) is 0 Å². The maximum atomic E-state index is 5.87. The fourth-order valence-electron chi connectivity index (χ4n) is 3.20. The maximum absolute atomic E-state index is 5.87. The van der Waals surface area contributed by atoms with Gasteiger partial charge in [-0.25, -0.2) is 0 Å². The number of aliphatic imine (C=N–C) groups is 2. The Morgan fingerprint density at radius 3 is 1.53 bits per heavy atom. The van der Waals surface area contributed by atoms with E-state index in [0.717, 1.165) is 35.7 Å². The summed E-state index contributed by atoms with van der Waals surface area (Å²) in [6.07, 6.45) is 10.4. The first-order chi connectivity index (χ1) is 15.7. The van der Waals surface area contributed by atoms with E-state index in [2.05, 4.69) is 60.2 Å². The molecule has 0 aliphatic rings. The predicted molar refractivity (Wildman–Crippen MR) is 135 cm³/mol. The Kier molecular flexibility index (Phi) is 13.1. The van der Waals surface area contributed by atoms with Crippen LogP contribution in [0.1, 0.15) is 62.2 Å². The molecule has 0 saturated carbocycles. The average Bonchev–Trinajstić information content (AvgIpc) is 3.28. The molecule has 0 amide bonds. The van der Waals surface area contributed by atoms with Crippen LogP contribution in [0.4, 0.5) is 11.4 Å². The summed E-state index contributed by atoms with van der Waals surface area (Å²) in [6, 6.07) is 20.5. The van der Waals surface area contributed by atoms with Gasteiger partial charge in [0.15, 0.2) is 0 Å². The fourth-order valence-corrected chi connectivity index (χ4v) is 3.20. The molecule has 3 rings (SSSR count). The van der Waals surface area contributed by atoms with Gasteiger partial charge in [0.2, 0.25) is 0 Å². The molecule has 3 nitrogen and oxygen atoms in total. The molecule has 0 spiro atoms. The molecule has 0 atom stereocenters. The van der Waals surface area contributed by atoms with Crippen LogP contribution in [-0.2, 0) is 26.0 Å². The first-order valence-electron chi connectivity index (χ1n) is 10.9. The molecule has 0 fully saturated rings. The molecular weight excluding hydrogens is 483 g/mol. The van der Waals surface area contributed by atoms with Crippen molar-refractivity contribution in [2.45, 2.75) is 52.4 Å². The Labute approximate surface area is 206 Å². The van der Waals surface area contributed by atoms with Crippen LogP contribution >= 0.6 is 20.2 Å². The number of hydrogen-bond acceptors (Lipinski definition) is 3. The predicted octanol–water partition coefficient (Wildman–Crippen LogP) is 8.84. The number of benzene rings is 2. The fraction of sp³-hybridized carbons (Fsp3) is 0.308. The number of aryl methyl sites for hydroxylation is 2. The van der Waals surface area contributed by atoms with Crippen LogP contribution in [0.5, 0.6) is 0 Å². The molecule has 0 bridgehead atoms. The van der Waals surface area contributed by atoms with Crippen LogP contribution < -0.4 is 0 Å². The van der Waals surface area contributed by atoms with Gasteiger partial charge in [-0.2, -0.15) is 0 Å². The minimum atomic E-state index is 0.194. The van der Waals surface area contributed by atoms with Crippen molar-refractivity contribution in [3.05, 3.63) is 83.3 Å². The first kappa shape index (κ1) is 26.4. The third kappa shape index (κ3) is 9.34. The Balaban J connectivity index is 0.00000114. The molecule has 1 heterocycles. The Morgan fingerprint density at radius 2 is 1.12 bits per heavy atom. The molecule has 0 aliphatic heterocycles. The molecular formula is C26H30Cl2FeN2O. The third-order valence-corrected chi connectivity index (χ3v) is 4.89. The van der Waals surface area contributed by atoms with Gasteiger partial charge in [0.1, 0.15) is 11.5 Å². The average molecular weight is 513 g/mol. The van der Waals surface area contributed by atoms with E-state index in [0.29, 0.717) is 0 Å². The second-order valence-corrected chi connectivity index (χ2v) is 9.10. The second kappa shape index (κ2) is 15.9. The van der Waals surface area contributed by atoms with E-state index in [4.69, 9.17) is 24.6 Å². The number of halogens is 2. The molecule has 0 saturated heterocycles. The number of hydrogen-bond donors (Lipinski definition) is 0. The standard InChI is InChI=1S/C26H30N2O.2ClH.Fe/c1-3-5-11-21-13-7-9-15-25(21)27-19-23-17-18-24(29-23)20-28-26-16-10-8-14-22(26)12-6-4-2;;;/h7-10,13-20H,3-6,11-12H2,1-2H3;2*1H;/q;;;+2/p-2. The number of furan rings is 1. The van der Waals surface area contributed by atoms with E-state index in [9.17, 15) is 0 Å². The van der Waals surface area contributed by atoms with Crippen molar-refractivity contribution in [1.29, 1.82) is 0 Å². The monoisotopic (exact) mass is 512 g/mol. The van der Waals surface area contributed by atoms with Gasteiger partial charge >= 0.3 is 33.3 Å². The number of unbranched alkanes of at least 4 members (excludes halogenated alkanes) is 2. The molecule has 32 heavy (non-hydrogen) atoms. The van der Waals surface area contributed by atoms with Gasteiger partial charge in [-0.3, -0.25) is 9.98 Å². The molecule has 3 aromatic rings. The zero-order valence-electron chi connectivity index (χ0n) is 18.6. The Morgan fingerprint density at radius 1 is 0.719 bits per heavy atom. The topological polar surface area (TPSA) is 37.9 Å². The molecule has 2 aromatic carbocycles. The third-order valence-electron chi connectivity index (χ3n) is 4.89. The van der Waals surface area contributed by atoms with Gasteiger partial charge in [-0.05, 0) is 61.1 Å². The van der Waals surface area contributed by atoms with Gasteiger partial charge in [0.05, 0.1) is 23.8 Å². The van der Waals surface area contributed by atoms with Crippen molar-refractivity contribution < 1.29 is 17.6 Å². The summed E-state index contributed by atoms with van der Waals surface area (Å²) in [5.74, 6) is 1.46. The van der Waals surface area contributed by atoms with Crippen LogP contribution in [0.25, 0.3) is 0 Å². The van der Waals surface area contributed by atoms with Crippen molar-refractivity contribution in [2.75, 3.05) is 0 Å². The van der Waals surface area contributed by atoms with E-state index in [-0.39, 0.29) is 13.1 Å².